The molecule has 0 N–H and O–H groups in total. The topological polar surface area (TPSA) is 18.5 Å². The van der Waals surface area contributed by atoms with Crippen LogP contribution in [0.5, 0.6) is 0 Å². The molecule has 1 aliphatic rings. The highest BCUT2D eigenvalue weighted by Gasteiger charge is 2.17. The summed E-state index contributed by atoms with van der Waals surface area (Å²) in [5.74, 6) is 0. The summed E-state index contributed by atoms with van der Waals surface area (Å²) >= 11 is 0. The predicted octanol–water partition coefficient (Wildman–Crippen LogP) is 1.99. The Bertz CT molecular complexity index is 242. The second kappa shape index (κ2) is 4.40. The lowest BCUT2D eigenvalue weighted by atomic mass is 10.2. The molecule has 1 aliphatic heterocycles. The summed E-state index contributed by atoms with van der Waals surface area (Å²) < 4.78 is 10.7. The van der Waals surface area contributed by atoms with Gasteiger partial charge in [-0.3, -0.25) is 0 Å². The first-order valence-electron chi connectivity index (χ1n) is 4.68. The Morgan fingerprint density at radius 3 is 2.69 bits per heavy atom. The van der Waals surface area contributed by atoms with Gasteiger partial charge in [-0.15, -0.1) is 0 Å². The van der Waals surface area contributed by atoms with Crippen LogP contribution in [0.2, 0.25) is 0 Å². The third kappa shape index (κ3) is 2.54. The number of hydrogen-bond acceptors (Lipinski definition) is 2. The van der Waals surface area contributed by atoms with E-state index in [0.717, 1.165) is 19.6 Å². The maximum atomic E-state index is 5.50. The third-order valence-corrected chi connectivity index (χ3v) is 2.21. The van der Waals surface area contributed by atoms with E-state index in [0.29, 0.717) is 12.7 Å². The lowest BCUT2D eigenvalue weighted by molar-refractivity contribution is -0.0967. The van der Waals surface area contributed by atoms with Crippen molar-refractivity contribution >= 4 is 0 Å². The van der Waals surface area contributed by atoms with E-state index in [1.54, 1.807) is 0 Å². The first-order valence-corrected chi connectivity index (χ1v) is 4.68. The van der Waals surface area contributed by atoms with Gasteiger partial charge in [0, 0.05) is 6.61 Å². The highest BCUT2D eigenvalue weighted by atomic mass is 16.5. The fraction of sp³-hybridized carbons (Fsp3) is 0.455. The van der Waals surface area contributed by atoms with E-state index in [2.05, 4.69) is 12.1 Å². The van der Waals surface area contributed by atoms with Crippen LogP contribution < -0.4 is 0 Å². The Kier molecular flexibility index (Phi) is 2.95. The van der Waals surface area contributed by atoms with Crippen molar-refractivity contribution in [3.8, 4) is 0 Å². The van der Waals surface area contributed by atoms with Gasteiger partial charge in [-0.25, -0.2) is 0 Å². The summed E-state index contributed by atoms with van der Waals surface area (Å²) in [6.45, 7) is 2.33. The lowest BCUT2D eigenvalue weighted by Crippen LogP contribution is -2.31. The van der Waals surface area contributed by atoms with Gasteiger partial charge >= 0.3 is 0 Å². The zero-order chi connectivity index (χ0) is 8.93. The van der Waals surface area contributed by atoms with Crippen molar-refractivity contribution < 1.29 is 9.47 Å². The molecule has 0 aliphatic carbocycles. The molecule has 2 rings (SSSR count). The Morgan fingerprint density at radius 2 is 2.08 bits per heavy atom. The van der Waals surface area contributed by atoms with E-state index in [1.165, 1.54) is 5.56 Å². The Hall–Kier alpha value is -0.860. The molecule has 1 atom stereocenters. The predicted molar refractivity (Wildman–Crippen MR) is 50.5 cm³/mol. The summed E-state index contributed by atoms with van der Waals surface area (Å²) in [7, 11) is 0. The molecule has 0 spiro atoms. The zero-order valence-corrected chi connectivity index (χ0v) is 7.61. The van der Waals surface area contributed by atoms with Crippen LogP contribution in [0.4, 0.5) is 0 Å². The van der Waals surface area contributed by atoms with Crippen molar-refractivity contribution in [2.45, 2.75) is 19.1 Å². The maximum absolute atomic E-state index is 5.50. The van der Waals surface area contributed by atoms with Crippen molar-refractivity contribution in [2.75, 3.05) is 13.2 Å². The molecular weight excluding hydrogens is 164 g/mol. The second-order valence-corrected chi connectivity index (χ2v) is 3.28. The van der Waals surface area contributed by atoms with Gasteiger partial charge in [0.15, 0.2) is 0 Å². The molecule has 0 aromatic heterocycles. The molecule has 1 aromatic rings. The van der Waals surface area contributed by atoms with Crippen molar-refractivity contribution in [2.24, 2.45) is 0 Å². The molecule has 1 heterocycles. The summed E-state index contributed by atoms with van der Waals surface area (Å²) in [4.78, 5) is 0. The van der Waals surface area contributed by atoms with E-state index in [9.17, 15) is 0 Å². The highest BCUT2D eigenvalue weighted by molar-refractivity contribution is 5.13. The second-order valence-electron chi connectivity index (χ2n) is 3.28. The number of benzene rings is 1. The Balaban J connectivity index is 1.67. The Labute approximate surface area is 78.5 Å². The molecule has 2 nitrogen and oxygen atoms in total. The van der Waals surface area contributed by atoms with Gasteiger partial charge in [0.25, 0.3) is 0 Å². The average Bonchev–Trinajstić information content (AvgIpc) is 2.11. The minimum Gasteiger partial charge on any atom is -0.376 e. The summed E-state index contributed by atoms with van der Waals surface area (Å²) in [6, 6.07) is 10.2. The molecule has 0 unspecified atom stereocenters. The minimum absolute atomic E-state index is 0.351. The first kappa shape index (κ1) is 8.73. The standard InChI is InChI=1S/C11H14O2/c1-2-4-10(5-3-1)8-12-9-11-6-7-13-11/h1-5,11H,6-9H2/t11-/m0/s1. The molecule has 0 radical (unpaired) electrons. The van der Waals surface area contributed by atoms with Crippen LogP contribution in [0.3, 0.4) is 0 Å². The Morgan fingerprint density at radius 1 is 1.31 bits per heavy atom. The molecule has 1 saturated heterocycles. The molecule has 70 valence electrons. The van der Waals surface area contributed by atoms with Crippen molar-refractivity contribution in [1.29, 1.82) is 0 Å². The monoisotopic (exact) mass is 178 g/mol. The highest BCUT2D eigenvalue weighted by Crippen LogP contribution is 2.11. The minimum atomic E-state index is 0.351. The smallest absolute Gasteiger partial charge is 0.0830 e. The van der Waals surface area contributed by atoms with E-state index in [4.69, 9.17) is 9.47 Å². The first-order chi connectivity index (χ1) is 6.45. The largest absolute Gasteiger partial charge is 0.376 e. The number of hydrogen-bond donors (Lipinski definition) is 0. The van der Waals surface area contributed by atoms with Crippen LogP contribution in [0, 0.1) is 0 Å². The fourth-order valence-corrected chi connectivity index (χ4v) is 1.30. The average molecular weight is 178 g/mol. The van der Waals surface area contributed by atoms with E-state index >= 15 is 0 Å². The molecule has 1 aromatic carbocycles. The van der Waals surface area contributed by atoms with Crippen LogP contribution in [0.25, 0.3) is 0 Å². The fourth-order valence-electron chi connectivity index (χ4n) is 1.30. The van der Waals surface area contributed by atoms with Crippen molar-refractivity contribution in [3.63, 3.8) is 0 Å². The van der Waals surface area contributed by atoms with Crippen LogP contribution in [0.1, 0.15) is 12.0 Å². The van der Waals surface area contributed by atoms with Gasteiger partial charge < -0.3 is 9.47 Å². The van der Waals surface area contributed by atoms with Crippen molar-refractivity contribution in [1.82, 2.24) is 0 Å². The van der Waals surface area contributed by atoms with Crippen LogP contribution in [-0.4, -0.2) is 19.3 Å². The van der Waals surface area contributed by atoms with E-state index in [-0.39, 0.29) is 0 Å². The molecule has 1 fully saturated rings. The number of rotatable bonds is 4. The van der Waals surface area contributed by atoms with Crippen LogP contribution in [0.15, 0.2) is 30.3 Å². The van der Waals surface area contributed by atoms with E-state index < -0.39 is 0 Å². The molecule has 0 amide bonds. The van der Waals surface area contributed by atoms with Gasteiger partial charge in [0.2, 0.25) is 0 Å². The van der Waals surface area contributed by atoms with Crippen LogP contribution >= 0.6 is 0 Å². The zero-order valence-electron chi connectivity index (χ0n) is 7.61. The molecular formula is C11H14O2. The maximum Gasteiger partial charge on any atom is 0.0830 e. The molecule has 0 bridgehead atoms. The molecule has 0 saturated carbocycles. The molecule has 2 heteroatoms. The van der Waals surface area contributed by atoms with Crippen LogP contribution in [-0.2, 0) is 16.1 Å². The van der Waals surface area contributed by atoms with Gasteiger partial charge in [-0.1, -0.05) is 30.3 Å². The SMILES string of the molecule is c1ccc(COC[C@@H]2CCO2)cc1. The third-order valence-electron chi connectivity index (χ3n) is 2.21. The number of ether oxygens (including phenoxy) is 2. The lowest BCUT2D eigenvalue weighted by Gasteiger charge is -2.25. The van der Waals surface area contributed by atoms with Gasteiger partial charge in [-0.05, 0) is 12.0 Å². The molecule has 13 heavy (non-hydrogen) atoms. The quantitative estimate of drug-likeness (QED) is 0.702. The normalized spacial score (nSPS) is 21.1. The van der Waals surface area contributed by atoms with Gasteiger partial charge in [0.1, 0.15) is 0 Å². The van der Waals surface area contributed by atoms with Gasteiger partial charge in [-0.2, -0.15) is 0 Å². The summed E-state index contributed by atoms with van der Waals surface area (Å²) in [6.07, 6.45) is 1.50. The summed E-state index contributed by atoms with van der Waals surface area (Å²) in [5, 5.41) is 0. The summed E-state index contributed by atoms with van der Waals surface area (Å²) in [5.41, 5.74) is 1.22. The van der Waals surface area contributed by atoms with Gasteiger partial charge in [0.05, 0.1) is 19.3 Å². The van der Waals surface area contributed by atoms with E-state index in [1.807, 2.05) is 18.2 Å². The van der Waals surface area contributed by atoms with Crippen molar-refractivity contribution in [3.05, 3.63) is 35.9 Å².